The van der Waals surface area contributed by atoms with Gasteiger partial charge >= 0.3 is 0 Å². The number of hydrogen-bond donors (Lipinski definition) is 0. The molecule has 8 rings (SSSR count). The number of fused-ring (bicyclic) bond motifs is 3. The molecule has 2 aliphatic rings. The first-order valence-electron chi connectivity index (χ1n) is 16.0. The fraction of sp³-hybridized carbons (Fsp3) is 0.194. The van der Waals surface area contributed by atoms with Crippen LogP contribution in [0, 0.1) is 10.1 Å². The highest BCUT2D eigenvalue weighted by atomic mass is 16.7. The molecule has 0 N–H and O–H groups in total. The number of ether oxygens (including phenoxy) is 1. The smallest absolute Gasteiger partial charge is 0.285 e. The first kappa shape index (κ1) is 39.7. The molecule has 4 aromatic carbocycles. The normalized spacial score (nSPS) is 12.8. The maximum absolute atomic E-state index is 11.4. The molecule has 1 saturated heterocycles. The lowest BCUT2D eigenvalue weighted by molar-refractivity contribution is -0.384. The molecular weight excluding hydrogens is 704 g/mol. The predicted octanol–water partition coefficient (Wildman–Crippen LogP) is 4.21. The molecule has 0 unspecified atom stereocenters. The number of nitrogens with zero attached hydrogens (tertiary/aromatic N) is 8. The highest BCUT2D eigenvalue weighted by Crippen LogP contribution is 2.22. The molecule has 0 spiro atoms. The number of hydrogen-bond acceptors (Lipinski definition) is 13. The fourth-order valence-corrected chi connectivity index (χ4v) is 4.86. The molecule has 18 heteroatoms. The molecule has 0 bridgehead atoms. The van der Waals surface area contributed by atoms with Crippen LogP contribution in [0.15, 0.2) is 103 Å². The van der Waals surface area contributed by atoms with Gasteiger partial charge in [0.2, 0.25) is 0 Å². The van der Waals surface area contributed by atoms with E-state index in [9.17, 15) is 29.3 Å². The van der Waals surface area contributed by atoms with Crippen molar-refractivity contribution in [3.63, 3.8) is 0 Å². The topological polar surface area (TPSA) is 203 Å². The Labute approximate surface area is 308 Å². The van der Waals surface area contributed by atoms with Crippen LogP contribution in [0.4, 0.5) is 5.69 Å². The molecule has 0 radical (unpaired) electrons. The minimum absolute atomic E-state index is 0.0748. The van der Waals surface area contributed by atoms with Crippen LogP contribution in [0.1, 0.15) is 33.6 Å². The number of methoxy groups -OCH3 is 1. The van der Waals surface area contributed by atoms with Gasteiger partial charge < -0.3 is 14.1 Å². The van der Waals surface area contributed by atoms with Crippen LogP contribution in [0.2, 0.25) is 0 Å². The van der Waals surface area contributed by atoms with E-state index in [0.29, 0.717) is 16.9 Å². The molecule has 1 fully saturated rings. The summed E-state index contributed by atoms with van der Waals surface area (Å²) in [6, 6.07) is 28.2. The molecular formula is C36H36N8O10. The number of aromatic nitrogens is 5. The van der Waals surface area contributed by atoms with E-state index in [1.165, 1.54) is 43.8 Å². The van der Waals surface area contributed by atoms with E-state index in [-0.39, 0.29) is 30.3 Å². The third kappa shape index (κ3) is 9.63. The summed E-state index contributed by atoms with van der Waals surface area (Å²) in [6.45, 7) is 0. The summed E-state index contributed by atoms with van der Waals surface area (Å²) < 4.78 is 6.84. The standard InChI is InChI=1S/C9H7NO3.C8H8N2.C7H7N3O.C7H7NO3.C5H7NO3/c1-13-10-8(11)6-4-2-3-5-7(6)9(10)12;1-10-6-9-7-4-2-3-5-8(7)10;1-11-10-7-5-3-2-4-6(7)8-9-10;1-11-7-4-2-6(3-5-7)8(9)10;1-9-6-4(7)2-3-5(6)8/h2-5H,1H3;2-6H,1H3;2*2-5H,1H3;2-3H2,1H3. The van der Waals surface area contributed by atoms with Gasteiger partial charge in [-0.15, -0.1) is 10.2 Å². The van der Waals surface area contributed by atoms with Gasteiger partial charge in [-0.1, -0.05) is 41.2 Å². The number of aryl methyl sites for hydroxylation is 1. The van der Waals surface area contributed by atoms with Crippen LogP contribution in [0.25, 0.3) is 22.1 Å². The predicted molar refractivity (Wildman–Crippen MR) is 192 cm³/mol. The maximum Gasteiger partial charge on any atom is 0.285 e. The number of non-ortho nitro benzene ring substituents is 1. The van der Waals surface area contributed by atoms with E-state index < -0.39 is 16.7 Å². The number of nitro groups is 1. The molecule has 2 aliphatic heterocycles. The number of imide groups is 2. The Morgan fingerprint density at radius 2 is 1.17 bits per heavy atom. The average molecular weight is 741 g/mol. The molecule has 4 heterocycles. The lowest BCUT2D eigenvalue weighted by Crippen LogP contribution is -2.28. The fourth-order valence-electron chi connectivity index (χ4n) is 4.86. The highest BCUT2D eigenvalue weighted by molar-refractivity contribution is 6.20. The first-order valence-corrected chi connectivity index (χ1v) is 16.0. The summed E-state index contributed by atoms with van der Waals surface area (Å²) in [7, 11) is 7.67. The number of rotatable bonds is 5. The minimum Gasteiger partial charge on any atom is -0.497 e. The summed E-state index contributed by atoms with van der Waals surface area (Å²) in [5, 5.41) is 19.3. The van der Waals surface area contributed by atoms with Crippen molar-refractivity contribution in [3.05, 3.63) is 125 Å². The summed E-state index contributed by atoms with van der Waals surface area (Å²) in [5.41, 5.74) is 4.84. The Hall–Kier alpha value is -7.05. The lowest BCUT2D eigenvalue weighted by atomic mass is 10.1. The van der Waals surface area contributed by atoms with E-state index >= 15 is 0 Å². The van der Waals surface area contributed by atoms with Gasteiger partial charge in [-0.05, 0) is 53.7 Å². The molecule has 54 heavy (non-hydrogen) atoms. The molecule has 0 aliphatic carbocycles. The maximum atomic E-state index is 11.4. The second-order valence-corrected chi connectivity index (χ2v) is 10.8. The van der Waals surface area contributed by atoms with Gasteiger partial charge in [-0.25, -0.2) is 4.98 Å². The van der Waals surface area contributed by atoms with Gasteiger partial charge in [0.05, 0.1) is 54.7 Å². The number of carbonyl (C=O) groups excluding carboxylic acids is 4. The van der Waals surface area contributed by atoms with Crippen molar-refractivity contribution in [3.8, 4) is 5.75 Å². The van der Waals surface area contributed by atoms with Crippen LogP contribution in [0.3, 0.4) is 0 Å². The molecule has 0 saturated carbocycles. The largest absolute Gasteiger partial charge is 0.497 e. The minimum atomic E-state index is -0.445. The van der Waals surface area contributed by atoms with Crippen LogP contribution in [-0.2, 0) is 26.3 Å². The summed E-state index contributed by atoms with van der Waals surface area (Å²) in [4.78, 5) is 73.3. The van der Waals surface area contributed by atoms with E-state index in [1.807, 2.05) is 60.4 Å². The highest BCUT2D eigenvalue weighted by Gasteiger charge is 2.35. The van der Waals surface area contributed by atoms with Crippen molar-refractivity contribution in [2.75, 3.05) is 28.4 Å². The van der Waals surface area contributed by atoms with E-state index in [2.05, 4.69) is 31.0 Å². The Morgan fingerprint density at radius 1 is 0.648 bits per heavy atom. The average Bonchev–Trinajstić information content (AvgIpc) is 3.96. The zero-order chi connectivity index (χ0) is 39.2. The lowest BCUT2D eigenvalue weighted by Gasteiger charge is -2.07. The van der Waals surface area contributed by atoms with Crippen molar-refractivity contribution in [2.45, 2.75) is 12.8 Å². The molecule has 2 aromatic heterocycles. The van der Waals surface area contributed by atoms with Crippen molar-refractivity contribution < 1.29 is 43.4 Å². The number of nitro benzene ring substituents is 1. The zero-order valence-electron chi connectivity index (χ0n) is 29.9. The molecule has 0 atom stereocenters. The quantitative estimate of drug-likeness (QED) is 0.138. The summed E-state index contributed by atoms with van der Waals surface area (Å²) in [6.07, 6.45) is 2.39. The first-order chi connectivity index (χ1) is 26.0. The van der Waals surface area contributed by atoms with Crippen molar-refractivity contribution >= 4 is 51.4 Å². The summed E-state index contributed by atoms with van der Waals surface area (Å²) in [5.74, 6) is -0.674. The van der Waals surface area contributed by atoms with E-state index in [1.54, 1.807) is 43.5 Å². The number of benzene rings is 4. The molecule has 6 aromatic rings. The second kappa shape index (κ2) is 19.0. The van der Waals surface area contributed by atoms with Gasteiger partial charge in [0.15, 0.2) is 0 Å². The SMILES string of the molecule is CON1C(=O)CCC1=O.CON1C(=O)c2ccccc2C1=O.COc1ccc([N+](=O)[O-])cc1.COn1nnc2ccccc21.Cn1cnc2ccccc21. The number of para-hydroxylation sites is 3. The molecule has 18 nitrogen and oxygen atoms in total. The summed E-state index contributed by atoms with van der Waals surface area (Å²) >= 11 is 0. The number of imidazole rings is 1. The van der Waals surface area contributed by atoms with Crippen LogP contribution in [-0.4, -0.2) is 91.8 Å². The Balaban J connectivity index is 0.000000151. The van der Waals surface area contributed by atoms with Gasteiger partial charge in [-0.2, -0.15) is 5.06 Å². The van der Waals surface area contributed by atoms with Gasteiger partial charge in [0.1, 0.15) is 23.9 Å². The van der Waals surface area contributed by atoms with Crippen molar-refractivity contribution in [1.82, 2.24) is 34.8 Å². The Bertz CT molecular complexity index is 2180. The molecule has 280 valence electrons. The van der Waals surface area contributed by atoms with Crippen LogP contribution >= 0.6 is 0 Å². The van der Waals surface area contributed by atoms with Crippen LogP contribution < -0.4 is 9.57 Å². The third-order valence-corrected chi connectivity index (χ3v) is 7.54. The van der Waals surface area contributed by atoms with E-state index in [0.717, 1.165) is 26.7 Å². The van der Waals surface area contributed by atoms with Gasteiger partial charge in [0.25, 0.3) is 29.3 Å². The van der Waals surface area contributed by atoms with Crippen molar-refractivity contribution in [1.29, 1.82) is 0 Å². The molecule has 4 amide bonds. The Kier molecular flexibility index (Phi) is 14.0. The number of hydroxylamine groups is 4. The number of carbonyl (C=O) groups is 4. The second-order valence-electron chi connectivity index (χ2n) is 10.8. The number of amides is 4. The van der Waals surface area contributed by atoms with Gasteiger partial charge in [0, 0.05) is 32.0 Å². The third-order valence-electron chi connectivity index (χ3n) is 7.54. The van der Waals surface area contributed by atoms with Crippen LogP contribution in [0.5, 0.6) is 5.75 Å². The van der Waals surface area contributed by atoms with Gasteiger partial charge in [-0.3, -0.25) is 39.0 Å². The zero-order valence-corrected chi connectivity index (χ0v) is 29.9. The monoisotopic (exact) mass is 740 g/mol. The van der Waals surface area contributed by atoms with Crippen molar-refractivity contribution in [2.24, 2.45) is 7.05 Å². The Morgan fingerprint density at radius 3 is 1.65 bits per heavy atom. The van der Waals surface area contributed by atoms with E-state index in [4.69, 9.17) is 9.57 Å².